The maximum Gasteiger partial charge on any atom is 0.133 e. The molecule has 0 spiro atoms. The van der Waals surface area contributed by atoms with Gasteiger partial charge in [0.2, 0.25) is 0 Å². The van der Waals surface area contributed by atoms with Crippen molar-refractivity contribution in [2.75, 3.05) is 26.3 Å². The van der Waals surface area contributed by atoms with Gasteiger partial charge in [-0.05, 0) is 99.2 Å². The van der Waals surface area contributed by atoms with E-state index in [4.69, 9.17) is 4.74 Å². The third kappa shape index (κ3) is 2.86. The van der Waals surface area contributed by atoms with Crippen LogP contribution in [0.15, 0.2) is 0 Å². The molecule has 158 valence electrons. The summed E-state index contributed by atoms with van der Waals surface area (Å²) in [6, 6.07) is 0.806. The van der Waals surface area contributed by atoms with Gasteiger partial charge in [-0.25, -0.2) is 0 Å². The Balaban J connectivity index is 1.33. The molecule has 3 heteroatoms. The minimum absolute atomic E-state index is 0.307. The SMILES string of the molecule is CC(=O)[C@H]1CC[C@H]2[C@@H]3CC[C@H]4C[C@@H](N5CCOCC5)CC[C@]4(C)[C@H]3CC[C@]12C. The number of fused-ring (bicyclic) bond motifs is 5. The third-order valence-corrected chi connectivity index (χ3v) is 10.7. The van der Waals surface area contributed by atoms with E-state index in [1.54, 1.807) is 0 Å². The Hall–Kier alpha value is -0.410. The van der Waals surface area contributed by atoms with Crippen LogP contribution in [0.3, 0.4) is 0 Å². The Morgan fingerprint density at radius 1 is 0.893 bits per heavy atom. The molecule has 5 fully saturated rings. The summed E-state index contributed by atoms with van der Waals surface area (Å²) in [5.41, 5.74) is 0.864. The quantitative estimate of drug-likeness (QED) is 0.672. The summed E-state index contributed by atoms with van der Waals surface area (Å²) in [5.74, 6) is 4.36. The number of Topliss-reactive ketones (excluding diaryl/α,β-unsaturated/α-hetero) is 1. The van der Waals surface area contributed by atoms with E-state index < -0.39 is 0 Å². The molecule has 28 heavy (non-hydrogen) atoms. The van der Waals surface area contributed by atoms with E-state index in [-0.39, 0.29) is 0 Å². The van der Waals surface area contributed by atoms with Crippen LogP contribution in [0.4, 0.5) is 0 Å². The van der Waals surface area contributed by atoms with Crippen LogP contribution in [0.1, 0.15) is 78.6 Å². The van der Waals surface area contributed by atoms with E-state index in [0.717, 1.165) is 56.0 Å². The first-order chi connectivity index (χ1) is 13.4. The number of ketones is 1. The molecule has 0 unspecified atom stereocenters. The van der Waals surface area contributed by atoms with Gasteiger partial charge in [-0.1, -0.05) is 13.8 Å². The third-order valence-electron chi connectivity index (χ3n) is 10.7. The lowest BCUT2D eigenvalue weighted by molar-refractivity contribution is -0.137. The van der Waals surface area contributed by atoms with Crippen molar-refractivity contribution in [1.29, 1.82) is 0 Å². The predicted molar refractivity (Wildman–Crippen MR) is 112 cm³/mol. The van der Waals surface area contributed by atoms with Gasteiger partial charge in [-0.2, -0.15) is 0 Å². The van der Waals surface area contributed by atoms with Crippen LogP contribution in [-0.4, -0.2) is 43.0 Å². The molecule has 0 aromatic carbocycles. The van der Waals surface area contributed by atoms with Crippen molar-refractivity contribution < 1.29 is 9.53 Å². The predicted octanol–water partition coefficient (Wildman–Crippen LogP) is 4.94. The van der Waals surface area contributed by atoms with Gasteiger partial charge in [-0.3, -0.25) is 9.69 Å². The average Bonchev–Trinajstić information content (AvgIpc) is 3.05. The molecule has 5 rings (SSSR count). The zero-order valence-electron chi connectivity index (χ0n) is 18.4. The summed E-state index contributed by atoms with van der Waals surface area (Å²) in [6.45, 7) is 11.2. The number of carbonyl (C=O) groups is 1. The Morgan fingerprint density at radius 2 is 1.61 bits per heavy atom. The zero-order valence-corrected chi connectivity index (χ0v) is 18.4. The number of hydrogen-bond donors (Lipinski definition) is 0. The zero-order chi connectivity index (χ0) is 19.5. The normalized spacial score (nSPS) is 51.8. The highest BCUT2D eigenvalue weighted by Gasteiger charge is 2.60. The molecule has 4 aliphatic carbocycles. The van der Waals surface area contributed by atoms with E-state index in [0.29, 0.717) is 22.5 Å². The summed E-state index contributed by atoms with van der Waals surface area (Å²) < 4.78 is 5.60. The van der Waals surface area contributed by atoms with Gasteiger partial charge in [0.05, 0.1) is 13.2 Å². The first-order valence-electron chi connectivity index (χ1n) is 12.3. The highest BCUT2D eigenvalue weighted by atomic mass is 16.5. The lowest BCUT2D eigenvalue weighted by atomic mass is 9.44. The van der Waals surface area contributed by atoms with Crippen LogP contribution in [-0.2, 0) is 9.53 Å². The number of ether oxygens (including phenoxy) is 1. The number of morpholine rings is 1. The molecule has 4 saturated carbocycles. The van der Waals surface area contributed by atoms with Crippen LogP contribution >= 0.6 is 0 Å². The molecule has 0 bridgehead atoms. The summed E-state index contributed by atoms with van der Waals surface area (Å²) in [6.07, 6.45) is 12.3. The maximum atomic E-state index is 12.3. The Kier molecular flexibility index (Phi) is 4.94. The lowest BCUT2D eigenvalue weighted by Crippen LogP contribution is -2.56. The van der Waals surface area contributed by atoms with Crippen molar-refractivity contribution in [2.45, 2.75) is 84.6 Å². The summed E-state index contributed by atoms with van der Waals surface area (Å²) in [5, 5.41) is 0. The number of nitrogens with zero attached hydrogens (tertiary/aromatic N) is 1. The largest absolute Gasteiger partial charge is 0.379 e. The highest BCUT2D eigenvalue weighted by Crippen LogP contribution is 2.67. The van der Waals surface area contributed by atoms with Gasteiger partial charge in [0.15, 0.2) is 0 Å². The smallest absolute Gasteiger partial charge is 0.133 e. The number of carbonyl (C=O) groups excluding carboxylic acids is 1. The number of rotatable bonds is 2. The molecule has 1 aliphatic heterocycles. The minimum Gasteiger partial charge on any atom is -0.379 e. The molecule has 1 saturated heterocycles. The summed E-state index contributed by atoms with van der Waals surface area (Å²) >= 11 is 0. The van der Waals surface area contributed by atoms with Crippen LogP contribution in [0.25, 0.3) is 0 Å². The molecular weight excluding hydrogens is 346 g/mol. The fraction of sp³-hybridized carbons (Fsp3) is 0.960. The molecule has 1 heterocycles. The molecule has 0 radical (unpaired) electrons. The van der Waals surface area contributed by atoms with Crippen molar-refractivity contribution >= 4 is 5.78 Å². The Bertz CT molecular complexity index is 614. The van der Waals surface area contributed by atoms with Gasteiger partial charge >= 0.3 is 0 Å². The van der Waals surface area contributed by atoms with Crippen molar-refractivity contribution in [3.05, 3.63) is 0 Å². The van der Waals surface area contributed by atoms with Gasteiger partial charge < -0.3 is 4.74 Å². The van der Waals surface area contributed by atoms with Crippen LogP contribution < -0.4 is 0 Å². The Morgan fingerprint density at radius 3 is 2.36 bits per heavy atom. The minimum atomic E-state index is 0.307. The average molecular weight is 388 g/mol. The van der Waals surface area contributed by atoms with Crippen molar-refractivity contribution in [3.63, 3.8) is 0 Å². The molecule has 0 N–H and O–H groups in total. The maximum absolute atomic E-state index is 12.3. The van der Waals surface area contributed by atoms with E-state index in [9.17, 15) is 4.79 Å². The van der Waals surface area contributed by atoms with Crippen LogP contribution in [0.2, 0.25) is 0 Å². The monoisotopic (exact) mass is 387 g/mol. The van der Waals surface area contributed by atoms with Gasteiger partial charge in [0, 0.05) is 25.0 Å². The fourth-order valence-corrected chi connectivity index (χ4v) is 9.18. The van der Waals surface area contributed by atoms with Gasteiger partial charge in [0.25, 0.3) is 0 Å². The second-order valence-corrected chi connectivity index (χ2v) is 11.5. The van der Waals surface area contributed by atoms with E-state index in [1.165, 1.54) is 57.8 Å². The molecule has 0 aromatic heterocycles. The standard InChI is InChI=1S/C25H41NO2/c1-17(27)21-6-7-22-20-5-4-18-16-19(26-12-14-28-15-13-26)8-10-24(18,2)23(20)9-11-25(21,22)3/h18-23H,4-16H2,1-3H3/t18-,19-,20-,21+,22-,23-,24-,25+/m0/s1. The van der Waals surface area contributed by atoms with E-state index >= 15 is 0 Å². The van der Waals surface area contributed by atoms with E-state index in [1.807, 2.05) is 6.92 Å². The summed E-state index contributed by atoms with van der Waals surface area (Å²) in [7, 11) is 0. The molecule has 0 aromatic rings. The molecule has 5 aliphatic rings. The number of hydrogen-bond acceptors (Lipinski definition) is 3. The topological polar surface area (TPSA) is 29.5 Å². The van der Waals surface area contributed by atoms with Crippen molar-refractivity contribution in [2.24, 2.45) is 40.4 Å². The lowest BCUT2D eigenvalue weighted by Gasteiger charge is -2.61. The van der Waals surface area contributed by atoms with Gasteiger partial charge in [-0.15, -0.1) is 0 Å². The highest BCUT2D eigenvalue weighted by molar-refractivity contribution is 5.79. The molecule has 0 amide bonds. The van der Waals surface area contributed by atoms with Crippen molar-refractivity contribution in [3.8, 4) is 0 Å². The molecule has 8 atom stereocenters. The first-order valence-corrected chi connectivity index (χ1v) is 12.3. The van der Waals surface area contributed by atoms with Crippen LogP contribution in [0.5, 0.6) is 0 Å². The van der Waals surface area contributed by atoms with Crippen molar-refractivity contribution in [1.82, 2.24) is 4.90 Å². The van der Waals surface area contributed by atoms with E-state index in [2.05, 4.69) is 18.7 Å². The fourth-order valence-electron chi connectivity index (χ4n) is 9.18. The molecular formula is C25H41NO2. The first kappa shape index (κ1) is 19.5. The second-order valence-electron chi connectivity index (χ2n) is 11.5. The van der Waals surface area contributed by atoms with Gasteiger partial charge in [0.1, 0.15) is 5.78 Å². The summed E-state index contributed by atoms with van der Waals surface area (Å²) in [4.78, 5) is 15.1. The van der Waals surface area contributed by atoms with Crippen LogP contribution in [0, 0.1) is 40.4 Å². The Labute approximate surface area is 172 Å². The molecule has 3 nitrogen and oxygen atoms in total. The second kappa shape index (κ2) is 7.08.